The number of nitrogens with zero attached hydrogens (tertiary/aromatic N) is 1. The maximum atomic E-state index is 11.3. The van der Waals surface area contributed by atoms with Gasteiger partial charge in [-0.15, -0.1) is 11.3 Å². The maximum Gasteiger partial charge on any atom is 0.249 e. The van der Waals surface area contributed by atoms with Crippen LogP contribution in [-0.4, -0.2) is 10.9 Å². The minimum absolute atomic E-state index is 0.398. The molecule has 17 heavy (non-hydrogen) atoms. The van der Waals surface area contributed by atoms with Crippen LogP contribution in [0, 0.1) is 0 Å². The van der Waals surface area contributed by atoms with Crippen LogP contribution in [0.4, 0.5) is 0 Å². The third-order valence-electron chi connectivity index (χ3n) is 2.48. The highest BCUT2D eigenvalue weighted by atomic mass is 32.1. The number of carbonyl (C=O) groups is 1. The first-order valence-electron chi connectivity index (χ1n) is 5.44. The number of carbonyl (C=O) groups excluding carboxylic acids is 1. The lowest BCUT2D eigenvalue weighted by Gasteiger charge is -2.03. The van der Waals surface area contributed by atoms with Crippen molar-refractivity contribution in [3.63, 3.8) is 0 Å². The molecule has 1 heterocycles. The Balaban J connectivity index is 2.49. The summed E-state index contributed by atoms with van der Waals surface area (Å²) in [4.78, 5) is 16.7. The topological polar surface area (TPSA) is 56.0 Å². The van der Waals surface area contributed by atoms with E-state index >= 15 is 0 Å². The zero-order chi connectivity index (χ0) is 12.4. The van der Waals surface area contributed by atoms with Crippen molar-refractivity contribution in [3.05, 3.63) is 41.0 Å². The summed E-state index contributed by atoms with van der Waals surface area (Å²) in [5, 5.41) is 1.07. The smallest absolute Gasteiger partial charge is 0.249 e. The van der Waals surface area contributed by atoms with Gasteiger partial charge >= 0.3 is 0 Å². The Morgan fingerprint density at radius 2 is 2.06 bits per heavy atom. The zero-order valence-electron chi connectivity index (χ0n) is 9.81. The Bertz CT molecular complexity index is 546. The Morgan fingerprint density at radius 3 is 2.65 bits per heavy atom. The monoisotopic (exact) mass is 246 g/mol. The minimum Gasteiger partial charge on any atom is -0.366 e. The summed E-state index contributed by atoms with van der Waals surface area (Å²) < 4.78 is 0. The molecule has 0 aliphatic rings. The first-order valence-corrected chi connectivity index (χ1v) is 6.26. The molecule has 0 fully saturated rings. The second-order valence-electron chi connectivity index (χ2n) is 4.13. The van der Waals surface area contributed by atoms with Gasteiger partial charge in [0, 0.05) is 23.2 Å². The summed E-state index contributed by atoms with van der Waals surface area (Å²) >= 11 is 1.61. The lowest BCUT2D eigenvalue weighted by atomic mass is 10.1. The van der Waals surface area contributed by atoms with Gasteiger partial charge in [0.25, 0.3) is 0 Å². The van der Waals surface area contributed by atoms with Crippen LogP contribution in [0.3, 0.4) is 0 Å². The molecular formula is C13H14N2OS. The van der Waals surface area contributed by atoms with Crippen molar-refractivity contribution in [2.24, 2.45) is 5.73 Å². The van der Waals surface area contributed by atoms with Crippen molar-refractivity contribution in [1.29, 1.82) is 0 Å². The summed E-state index contributed by atoms with van der Waals surface area (Å²) in [6.07, 6.45) is 1.81. The van der Waals surface area contributed by atoms with E-state index in [-0.39, 0.29) is 0 Å². The largest absolute Gasteiger partial charge is 0.366 e. The van der Waals surface area contributed by atoms with Crippen LogP contribution < -0.4 is 5.73 Å². The van der Waals surface area contributed by atoms with Gasteiger partial charge in [0.1, 0.15) is 0 Å². The fraction of sp³-hybridized carbons (Fsp3) is 0.231. The summed E-state index contributed by atoms with van der Waals surface area (Å²) in [5.74, 6) is -0.00501. The van der Waals surface area contributed by atoms with Crippen molar-refractivity contribution >= 4 is 17.2 Å². The summed E-state index contributed by atoms with van der Waals surface area (Å²) in [6, 6.07) is 7.36. The van der Waals surface area contributed by atoms with Crippen LogP contribution in [-0.2, 0) is 0 Å². The van der Waals surface area contributed by atoms with Crippen LogP contribution in [0.2, 0.25) is 0 Å². The highest BCUT2D eigenvalue weighted by molar-refractivity contribution is 7.15. The third-order valence-corrected chi connectivity index (χ3v) is 3.81. The van der Waals surface area contributed by atoms with Crippen molar-refractivity contribution in [2.75, 3.05) is 0 Å². The third kappa shape index (κ3) is 2.36. The fourth-order valence-electron chi connectivity index (χ4n) is 1.59. The van der Waals surface area contributed by atoms with E-state index in [0.29, 0.717) is 11.5 Å². The van der Waals surface area contributed by atoms with Gasteiger partial charge in [-0.25, -0.2) is 4.98 Å². The van der Waals surface area contributed by atoms with Crippen LogP contribution in [0.1, 0.15) is 35.1 Å². The predicted octanol–water partition coefficient (Wildman–Crippen LogP) is 3.03. The molecule has 0 saturated heterocycles. The van der Waals surface area contributed by atoms with Gasteiger partial charge < -0.3 is 5.73 Å². The molecule has 2 rings (SSSR count). The Morgan fingerprint density at radius 1 is 1.35 bits per heavy atom. The first-order chi connectivity index (χ1) is 8.09. The quantitative estimate of drug-likeness (QED) is 0.905. The number of hydrogen-bond donors (Lipinski definition) is 1. The van der Waals surface area contributed by atoms with E-state index in [2.05, 4.69) is 18.8 Å². The zero-order valence-corrected chi connectivity index (χ0v) is 10.6. The molecular weight excluding hydrogens is 232 g/mol. The van der Waals surface area contributed by atoms with Crippen LogP contribution in [0.15, 0.2) is 30.5 Å². The highest BCUT2D eigenvalue weighted by Gasteiger charge is 2.13. The van der Waals surface area contributed by atoms with E-state index in [1.807, 2.05) is 24.4 Å². The van der Waals surface area contributed by atoms with Crippen molar-refractivity contribution < 1.29 is 4.79 Å². The van der Waals surface area contributed by atoms with Gasteiger partial charge in [-0.1, -0.05) is 32.0 Å². The Kier molecular flexibility index (Phi) is 3.24. The Hall–Kier alpha value is -1.68. The molecule has 0 unspecified atom stereocenters. The molecule has 2 aromatic rings. The number of benzene rings is 1. The first kappa shape index (κ1) is 11.8. The molecule has 88 valence electrons. The van der Waals surface area contributed by atoms with E-state index < -0.39 is 5.91 Å². The molecule has 1 aromatic heterocycles. The molecule has 0 radical (unpaired) electrons. The molecule has 4 heteroatoms. The lowest BCUT2D eigenvalue weighted by Crippen LogP contribution is -2.11. The van der Waals surface area contributed by atoms with Gasteiger partial charge in [-0.3, -0.25) is 4.79 Å². The number of amides is 1. The number of rotatable bonds is 3. The van der Waals surface area contributed by atoms with Gasteiger partial charge in [0.05, 0.1) is 9.88 Å². The average molecular weight is 246 g/mol. The standard InChI is InChI=1S/C13H14N2OS/c1-8(2)13-15-7-11(17-13)9-5-3-4-6-10(9)12(14)16/h3-8H,1-2H3,(H2,14,16). The second-order valence-corrected chi connectivity index (χ2v) is 5.19. The molecule has 0 saturated carbocycles. The minimum atomic E-state index is -0.403. The summed E-state index contributed by atoms with van der Waals surface area (Å²) in [7, 11) is 0. The van der Waals surface area contributed by atoms with Gasteiger partial charge in [-0.05, 0) is 6.07 Å². The van der Waals surface area contributed by atoms with E-state index in [9.17, 15) is 4.79 Å². The normalized spacial score (nSPS) is 10.8. The second kappa shape index (κ2) is 4.67. The van der Waals surface area contributed by atoms with E-state index in [4.69, 9.17) is 5.73 Å². The molecule has 1 amide bonds. The van der Waals surface area contributed by atoms with Crippen molar-refractivity contribution in [3.8, 4) is 10.4 Å². The van der Waals surface area contributed by atoms with E-state index in [1.54, 1.807) is 17.4 Å². The number of hydrogen-bond acceptors (Lipinski definition) is 3. The molecule has 0 spiro atoms. The molecule has 1 aromatic carbocycles. The van der Waals surface area contributed by atoms with Crippen molar-refractivity contribution in [2.45, 2.75) is 19.8 Å². The van der Waals surface area contributed by atoms with Gasteiger partial charge in [-0.2, -0.15) is 0 Å². The average Bonchev–Trinajstić information content (AvgIpc) is 2.78. The summed E-state index contributed by atoms with van der Waals surface area (Å²) in [5.41, 5.74) is 6.78. The van der Waals surface area contributed by atoms with Gasteiger partial charge in [0.15, 0.2) is 0 Å². The molecule has 2 N–H and O–H groups in total. The number of nitrogens with two attached hydrogens (primary N) is 1. The predicted molar refractivity (Wildman–Crippen MR) is 70.2 cm³/mol. The van der Waals surface area contributed by atoms with Crippen molar-refractivity contribution in [1.82, 2.24) is 4.98 Å². The van der Waals surface area contributed by atoms with Gasteiger partial charge in [0.2, 0.25) is 5.91 Å². The lowest BCUT2D eigenvalue weighted by molar-refractivity contribution is 0.100. The van der Waals surface area contributed by atoms with Crippen LogP contribution >= 0.6 is 11.3 Å². The Labute approximate surface area is 104 Å². The van der Waals surface area contributed by atoms with E-state index in [0.717, 1.165) is 15.4 Å². The highest BCUT2D eigenvalue weighted by Crippen LogP contribution is 2.31. The number of thiazole rings is 1. The maximum absolute atomic E-state index is 11.3. The molecule has 0 aliphatic heterocycles. The summed E-state index contributed by atoms with van der Waals surface area (Å²) in [6.45, 7) is 4.20. The molecule has 0 atom stereocenters. The SMILES string of the molecule is CC(C)c1ncc(-c2ccccc2C(N)=O)s1. The fourth-order valence-corrected chi connectivity index (χ4v) is 2.55. The molecule has 0 bridgehead atoms. The molecule has 3 nitrogen and oxygen atoms in total. The van der Waals surface area contributed by atoms with E-state index in [1.165, 1.54) is 0 Å². The van der Waals surface area contributed by atoms with Crippen LogP contribution in [0.5, 0.6) is 0 Å². The number of primary amides is 1. The van der Waals surface area contributed by atoms with Crippen LogP contribution in [0.25, 0.3) is 10.4 Å². The number of aromatic nitrogens is 1. The molecule has 0 aliphatic carbocycles.